The summed E-state index contributed by atoms with van der Waals surface area (Å²) >= 11 is 0. The maximum atomic E-state index is 12.6. The second-order valence-corrected chi connectivity index (χ2v) is 6.94. The predicted molar refractivity (Wildman–Crippen MR) is 71.9 cm³/mol. The molecular weight excluding hydrogens is 224 g/mol. The van der Waals surface area contributed by atoms with Crippen molar-refractivity contribution in [3.8, 4) is 0 Å². The molecule has 2 unspecified atom stereocenters. The van der Waals surface area contributed by atoms with E-state index in [1.807, 2.05) is 0 Å². The molecule has 1 saturated heterocycles. The Hall–Kier alpha value is -0.570. The summed E-state index contributed by atoms with van der Waals surface area (Å²) in [5.74, 6) is 2.57. The van der Waals surface area contributed by atoms with Crippen LogP contribution in [-0.2, 0) is 4.79 Å². The van der Waals surface area contributed by atoms with E-state index < -0.39 is 0 Å². The minimum Gasteiger partial charge on any atom is -0.323 e. The quantitative estimate of drug-likeness (QED) is 0.812. The van der Waals surface area contributed by atoms with Crippen molar-refractivity contribution in [1.82, 2.24) is 10.2 Å². The number of hydrogen-bond acceptors (Lipinski definition) is 2. The maximum Gasteiger partial charge on any atom is 0.241 e. The lowest BCUT2D eigenvalue weighted by molar-refractivity contribution is -0.133. The average molecular weight is 250 g/mol. The van der Waals surface area contributed by atoms with Crippen LogP contribution in [0, 0.1) is 17.8 Å². The lowest BCUT2D eigenvalue weighted by Crippen LogP contribution is -2.45. The molecule has 1 amide bonds. The van der Waals surface area contributed by atoms with Crippen LogP contribution < -0.4 is 5.32 Å². The minimum atomic E-state index is 0.0694. The number of amides is 1. The Morgan fingerprint density at radius 2 is 1.78 bits per heavy atom. The van der Waals surface area contributed by atoms with Crippen LogP contribution in [-0.4, -0.2) is 29.1 Å². The topological polar surface area (TPSA) is 32.3 Å². The molecule has 1 aliphatic heterocycles. The smallest absolute Gasteiger partial charge is 0.241 e. The molecule has 0 aromatic rings. The molecule has 1 N–H and O–H groups in total. The molecule has 3 nitrogen and oxygen atoms in total. The van der Waals surface area contributed by atoms with Crippen LogP contribution in [0.1, 0.15) is 52.9 Å². The van der Waals surface area contributed by atoms with E-state index >= 15 is 0 Å². The average Bonchev–Trinajstić information content (AvgIpc) is 3.14. The van der Waals surface area contributed by atoms with Crippen LogP contribution in [0.4, 0.5) is 0 Å². The van der Waals surface area contributed by atoms with Crippen molar-refractivity contribution in [2.75, 3.05) is 0 Å². The third kappa shape index (κ3) is 2.29. The van der Waals surface area contributed by atoms with Crippen LogP contribution in [0.2, 0.25) is 0 Å². The van der Waals surface area contributed by atoms with Gasteiger partial charge in [-0.2, -0.15) is 0 Å². The van der Waals surface area contributed by atoms with E-state index in [2.05, 4.69) is 31.0 Å². The molecular formula is C15H26N2O. The largest absolute Gasteiger partial charge is 0.323 e. The van der Waals surface area contributed by atoms with Gasteiger partial charge >= 0.3 is 0 Å². The molecule has 2 saturated carbocycles. The number of rotatable bonds is 5. The first-order valence-corrected chi connectivity index (χ1v) is 7.66. The van der Waals surface area contributed by atoms with Gasteiger partial charge in [-0.15, -0.1) is 0 Å². The molecule has 0 aromatic carbocycles. The van der Waals surface area contributed by atoms with Gasteiger partial charge in [0.1, 0.15) is 0 Å². The van der Waals surface area contributed by atoms with Crippen molar-refractivity contribution in [1.29, 1.82) is 0 Å². The number of hydrogen-bond donors (Lipinski definition) is 1. The monoisotopic (exact) mass is 250 g/mol. The van der Waals surface area contributed by atoms with Gasteiger partial charge in [0, 0.05) is 6.04 Å². The first-order valence-electron chi connectivity index (χ1n) is 7.66. The summed E-state index contributed by atoms with van der Waals surface area (Å²) in [6, 6.07) is 0.622. The summed E-state index contributed by atoms with van der Waals surface area (Å²) in [5.41, 5.74) is 0. The summed E-state index contributed by atoms with van der Waals surface area (Å²) in [6.45, 7) is 6.55. The van der Waals surface area contributed by atoms with Crippen LogP contribution >= 0.6 is 0 Å². The lowest BCUT2D eigenvalue weighted by Gasteiger charge is -2.31. The van der Waals surface area contributed by atoms with Gasteiger partial charge in [0.25, 0.3) is 0 Å². The molecule has 2 atom stereocenters. The van der Waals surface area contributed by atoms with Gasteiger partial charge in [-0.25, -0.2) is 0 Å². The molecule has 0 bridgehead atoms. The molecule has 0 radical (unpaired) electrons. The van der Waals surface area contributed by atoms with E-state index in [0.29, 0.717) is 17.9 Å². The van der Waals surface area contributed by atoms with E-state index in [1.165, 1.54) is 25.7 Å². The van der Waals surface area contributed by atoms with E-state index in [1.54, 1.807) is 0 Å². The highest BCUT2D eigenvalue weighted by Gasteiger charge is 2.50. The Labute approximate surface area is 110 Å². The van der Waals surface area contributed by atoms with Gasteiger partial charge in [-0.3, -0.25) is 10.1 Å². The Morgan fingerprint density at radius 3 is 2.22 bits per heavy atom. The summed E-state index contributed by atoms with van der Waals surface area (Å²) in [4.78, 5) is 14.8. The molecule has 3 rings (SSSR count). The highest BCUT2D eigenvalue weighted by molar-refractivity contribution is 5.84. The van der Waals surface area contributed by atoms with Gasteiger partial charge < -0.3 is 4.90 Å². The standard InChI is InChI=1S/C15H26N2O/c1-9(2)8-13-15(18)17(10(3)16-13)14(11-4-5-11)12-6-7-12/h9-14,16H,4-8H2,1-3H3. The summed E-state index contributed by atoms with van der Waals surface area (Å²) in [5, 5.41) is 3.51. The van der Waals surface area contributed by atoms with Crippen LogP contribution in [0.3, 0.4) is 0 Å². The van der Waals surface area contributed by atoms with Gasteiger partial charge in [0.2, 0.25) is 5.91 Å². The Balaban J connectivity index is 1.72. The number of carbonyl (C=O) groups excluding carboxylic acids is 1. The highest BCUT2D eigenvalue weighted by atomic mass is 16.2. The Morgan fingerprint density at radius 1 is 1.22 bits per heavy atom. The third-order valence-corrected chi connectivity index (χ3v) is 4.65. The number of nitrogens with zero attached hydrogens (tertiary/aromatic N) is 1. The summed E-state index contributed by atoms with van der Waals surface area (Å²) in [6.07, 6.45) is 6.58. The zero-order valence-corrected chi connectivity index (χ0v) is 11.9. The summed E-state index contributed by atoms with van der Waals surface area (Å²) < 4.78 is 0. The van der Waals surface area contributed by atoms with Gasteiger partial charge in [0.15, 0.2) is 0 Å². The predicted octanol–water partition coefficient (Wildman–Crippen LogP) is 2.37. The molecule has 0 aromatic heterocycles. The van der Waals surface area contributed by atoms with Gasteiger partial charge in [0.05, 0.1) is 12.2 Å². The maximum absolute atomic E-state index is 12.6. The van der Waals surface area contributed by atoms with E-state index in [0.717, 1.165) is 18.3 Å². The molecule has 3 heteroatoms. The number of carbonyl (C=O) groups is 1. The second-order valence-electron chi connectivity index (χ2n) is 6.94. The molecule has 0 spiro atoms. The second kappa shape index (κ2) is 4.52. The van der Waals surface area contributed by atoms with E-state index in [-0.39, 0.29) is 12.2 Å². The van der Waals surface area contributed by atoms with Crippen LogP contribution in [0.15, 0.2) is 0 Å². The normalized spacial score (nSPS) is 32.9. The minimum absolute atomic E-state index is 0.0694. The zero-order chi connectivity index (χ0) is 12.9. The van der Waals surface area contributed by atoms with E-state index in [4.69, 9.17) is 0 Å². The third-order valence-electron chi connectivity index (χ3n) is 4.65. The van der Waals surface area contributed by atoms with Gasteiger partial charge in [-0.05, 0) is 56.8 Å². The molecule has 18 heavy (non-hydrogen) atoms. The first kappa shape index (κ1) is 12.5. The summed E-state index contributed by atoms with van der Waals surface area (Å²) in [7, 11) is 0. The fourth-order valence-corrected chi connectivity index (χ4v) is 3.57. The number of nitrogens with one attached hydrogen (secondary N) is 1. The van der Waals surface area contributed by atoms with Crippen molar-refractivity contribution in [3.05, 3.63) is 0 Å². The van der Waals surface area contributed by atoms with Crippen molar-refractivity contribution in [3.63, 3.8) is 0 Å². The Bertz CT molecular complexity index is 321. The fourth-order valence-electron chi connectivity index (χ4n) is 3.57. The molecule has 3 aliphatic rings. The van der Waals surface area contributed by atoms with Gasteiger partial charge in [-0.1, -0.05) is 13.8 Å². The molecule has 2 aliphatic carbocycles. The molecule has 102 valence electrons. The SMILES string of the molecule is CC(C)CC1NC(C)N(C(C2CC2)C2CC2)C1=O. The Kier molecular flexibility index (Phi) is 3.13. The van der Waals surface area contributed by atoms with Crippen LogP contribution in [0.5, 0.6) is 0 Å². The van der Waals surface area contributed by atoms with Crippen LogP contribution in [0.25, 0.3) is 0 Å². The first-order chi connectivity index (χ1) is 8.58. The molecule has 3 fully saturated rings. The lowest BCUT2D eigenvalue weighted by atomic mass is 10.0. The van der Waals surface area contributed by atoms with Crippen molar-refractivity contribution in [2.45, 2.75) is 71.1 Å². The van der Waals surface area contributed by atoms with E-state index in [9.17, 15) is 4.79 Å². The highest BCUT2D eigenvalue weighted by Crippen LogP contribution is 2.48. The zero-order valence-electron chi connectivity index (χ0n) is 11.9. The fraction of sp³-hybridized carbons (Fsp3) is 0.933. The molecule has 1 heterocycles. The van der Waals surface area contributed by atoms with Crippen molar-refractivity contribution >= 4 is 5.91 Å². The van der Waals surface area contributed by atoms with Crippen molar-refractivity contribution < 1.29 is 4.79 Å². The van der Waals surface area contributed by atoms with Crippen molar-refractivity contribution in [2.24, 2.45) is 17.8 Å².